The van der Waals surface area contributed by atoms with Gasteiger partial charge in [-0.05, 0) is 31.5 Å². The van der Waals surface area contributed by atoms with Crippen molar-refractivity contribution in [2.75, 3.05) is 39.4 Å². The summed E-state index contributed by atoms with van der Waals surface area (Å²) < 4.78 is 32.0. The molecule has 1 aromatic rings. The van der Waals surface area contributed by atoms with Crippen LogP contribution < -0.4 is 0 Å². The number of morpholine rings is 1. The number of amides is 1. The SMILES string of the molecule is CC1(C(=O)O)CCN(C(=O)c2cccc(S(=O)(=O)N3CCOCC3)c2)C1. The molecule has 0 radical (unpaired) electrons. The molecule has 2 saturated heterocycles. The fraction of sp³-hybridized carbons (Fsp3) is 0.529. The van der Waals surface area contributed by atoms with E-state index in [1.54, 1.807) is 13.0 Å². The number of hydrogen-bond donors (Lipinski definition) is 1. The third-order valence-corrected chi connectivity index (χ3v) is 6.86. The van der Waals surface area contributed by atoms with Gasteiger partial charge in [0.15, 0.2) is 0 Å². The number of nitrogens with zero attached hydrogens (tertiary/aromatic N) is 2. The molecule has 0 spiro atoms. The van der Waals surface area contributed by atoms with Gasteiger partial charge in [-0.15, -0.1) is 0 Å². The molecule has 142 valence electrons. The van der Waals surface area contributed by atoms with Crippen LogP contribution in [0.4, 0.5) is 0 Å². The summed E-state index contributed by atoms with van der Waals surface area (Å²) in [6, 6.07) is 5.92. The fourth-order valence-electron chi connectivity index (χ4n) is 3.22. The highest BCUT2D eigenvalue weighted by molar-refractivity contribution is 7.89. The second kappa shape index (κ2) is 6.98. The average Bonchev–Trinajstić information content (AvgIpc) is 3.06. The van der Waals surface area contributed by atoms with E-state index in [2.05, 4.69) is 0 Å². The van der Waals surface area contributed by atoms with Gasteiger partial charge < -0.3 is 14.7 Å². The van der Waals surface area contributed by atoms with Gasteiger partial charge in [-0.25, -0.2) is 8.42 Å². The summed E-state index contributed by atoms with van der Waals surface area (Å²) >= 11 is 0. The topological polar surface area (TPSA) is 104 Å². The largest absolute Gasteiger partial charge is 0.481 e. The van der Waals surface area contributed by atoms with E-state index in [0.717, 1.165) is 0 Å². The Hall–Kier alpha value is -1.97. The molecular weight excluding hydrogens is 360 g/mol. The van der Waals surface area contributed by atoms with Crippen molar-refractivity contribution in [2.45, 2.75) is 18.2 Å². The Morgan fingerprint density at radius 2 is 1.88 bits per heavy atom. The summed E-state index contributed by atoms with van der Waals surface area (Å²) in [5.41, 5.74) is -0.721. The maximum Gasteiger partial charge on any atom is 0.311 e. The third kappa shape index (κ3) is 3.46. The molecule has 1 aromatic carbocycles. The number of rotatable bonds is 4. The molecular formula is C17H22N2O6S. The van der Waals surface area contributed by atoms with Crippen molar-refractivity contribution in [2.24, 2.45) is 5.41 Å². The van der Waals surface area contributed by atoms with Gasteiger partial charge in [0.2, 0.25) is 10.0 Å². The number of sulfonamides is 1. The second-order valence-electron chi connectivity index (χ2n) is 6.89. The Morgan fingerprint density at radius 3 is 2.50 bits per heavy atom. The molecule has 0 aromatic heterocycles. The van der Waals surface area contributed by atoms with Gasteiger partial charge in [-0.3, -0.25) is 9.59 Å². The Labute approximate surface area is 152 Å². The molecule has 0 bridgehead atoms. The molecule has 2 heterocycles. The van der Waals surface area contributed by atoms with Crippen molar-refractivity contribution in [1.29, 1.82) is 0 Å². The van der Waals surface area contributed by atoms with Crippen molar-refractivity contribution in [3.63, 3.8) is 0 Å². The maximum atomic E-state index is 12.7. The minimum absolute atomic E-state index is 0.0606. The number of ether oxygens (including phenoxy) is 1. The van der Waals surface area contributed by atoms with Crippen LogP contribution in [0.2, 0.25) is 0 Å². The van der Waals surface area contributed by atoms with E-state index >= 15 is 0 Å². The van der Waals surface area contributed by atoms with Gasteiger partial charge in [0.25, 0.3) is 5.91 Å². The first-order chi connectivity index (χ1) is 12.2. The summed E-state index contributed by atoms with van der Waals surface area (Å²) in [6.45, 7) is 3.32. The number of carbonyl (C=O) groups excluding carboxylic acids is 1. The summed E-state index contributed by atoms with van der Waals surface area (Å²) in [5.74, 6) is -1.29. The summed E-state index contributed by atoms with van der Waals surface area (Å²) in [5, 5.41) is 9.30. The standard InChI is InChI=1S/C17H22N2O6S/c1-17(16(21)22)5-6-18(12-17)15(20)13-3-2-4-14(11-13)26(23,24)19-7-9-25-10-8-19/h2-4,11H,5-10,12H2,1H3,(H,21,22). The molecule has 1 amide bonds. The van der Waals surface area contributed by atoms with Crippen LogP contribution in [0.1, 0.15) is 23.7 Å². The van der Waals surface area contributed by atoms with Crippen molar-refractivity contribution in [3.8, 4) is 0 Å². The number of carbonyl (C=O) groups is 2. The van der Waals surface area contributed by atoms with E-state index in [4.69, 9.17) is 4.74 Å². The zero-order chi connectivity index (χ0) is 18.9. The summed E-state index contributed by atoms with van der Waals surface area (Å²) in [4.78, 5) is 25.6. The van der Waals surface area contributed by atoms with Gasteiger partial charge in [-0.1, -0.05) is 6.07 Å². The molecule has 1 unspecified atom stereocenters. The molecule has 3 rings (SSSR count). The van der Waals surface area contributed by atoms with Crippen LogP contribution in [0.5, 0.6) is 0 Å². The first kappa shape index (κ1) is 18.8. The minimum Gasteiger partial charge on any atom is -0.481 e. The molecule has 1 N–H and O–H groups in total. The number of hydrogen-bond acceptors (Lipinski definition) is 5. The lowest BCUT2D eigenvalue weighted by Gasteiger charge is -2.26. The van der Waals surface area contributed by atoms with E-state index in [0.29, 0.717) is 26.2 Å². The van der Waals surface area contributed by atoms with E-state index < -0.39 is 21.4 Å². The van der Waals surface area contributed by atoms with E-state index in [1.807, 2.05) is 0 Å². The first-order valence-corrected chi connectivity index (χ1v) is 9.89. The maximum absolute atomic E-state index is 12.7. The number of aliphatic carboxylic acids is 1. The zero-order valence-corrected chi connectivity index (χ0v) is 15.4. The van der Waals surface area contributed by atoms with Crippen molar-refractivity contribution >= 4 is 21.9 Å². The normalized spacial score (nSPS) is 24.6. The quantitative estimate of drug-likeness (QED) is 0.820. The first-order valence-electron chi connectivity index (χ1n) is 8.45. The fourth-order valence-corrected chi connectivity index (χ4v) is 4.67. The number of likely N-dealkylation sites (tertiary alicyclic amines) is 1. The Bertz CT molecular complexity index is 818. The molecule has 2 fully saturated rings. The van der Waals surface area contributed by atoms with Gasteiger partial charge in [-0.2, -0.15) is 4.31 Å². The highest BCUT2D eigenvalue weighted by Gasteiger charge is 2.42. The smallest absolute Gasteiger partial charge is 0.311 e. The second-order valence-corrected chi connectivity index (χ2v) is 8.82. The Balaban J connectivity index is 1.81. The molecule has 0 saturated carbocycles. The number of carboxylic acid groups (broad SMARTS) is 1. The average molecular weight is 382 g/mol. The van der Waals surface area contributed by atoms with Gasteiger partial charge in [0, 0.05) is 31.7 Å². The predicted molar refractivity (Wildman–Crippen MR) is 92.3 cm³/mol. The van der Waals surface area contributed by atoms with Crippen LogP contribution in [0, 0.1) is 5.41 Å². The molecule has 26 heavy (non-hydrogen) atoms. The van der Waals surface area contributed by atoms with E-state index in [-0.39, 0.29) is 36.0 Å². The summed E-state index contributed by atoms with van der Waals surface area (Å²) in [7, 11) is -3.69. The van der Waals surface area contributed by atoms with Crippen molar-refractivity contribution in [1.82, 2.24) is 9.21 Å². The van der Waals surface area contributed by atoms with Crippen LogP contribution in [0.15, 0.2) is 29.2 Å². The van der Waals surface area contributed by atoms with E-state index in [9.17, 15) is 23.1 Å². The van der Waals surface area contributed by atoms with Crippen molar-refractivity contribution in [3.05, 3.63) is 29.8 Å². The van der Waals surface area contributed by atoms with Gasteiger partial charge in [0.05, 0.1) is 23.5 Å². The third-order valence-electron chi connectivity index (χ3n) is 4.97. The molecule has 8 nitrogen and oxygen atoms in total. The van der Waals surface area contributed by atoms with E-state index in [1.165, 1.54) is 27.4 Å². The van der Waals surface area contributed by atoms with Crippen LogP contribution in [0.25, 0.3) is 0 Å². The monoisotopic (exact) mass is 382 g/mol. The van der Waals surface area contributed by atoms with Crippen molar-refractivity contribution < 1.29 is 27.9 Å². The lowest BCUT2D eigenvalue weighted by Crippen LogP contribution is -2.40. The molecule has 1 atom stereocenters. The lowest BCUT2D eigenvalue weighted by atomic mass is 9.90. The Morgan fingerprint density at radius 1 is 1.19 bits per heavy atom. The van der Waals surface area contributed by atoms with Gasteiger partial charge in [0.1, 0.15) is 0 Å². The van der Waals surface area contributed by atoms with Crippen LogP contribution in [-0.4, -0.2) is 74.0 Å². The van der Waals surface area contributed by atoms with Crippen LogP contribution >= 0.6 is 0 Å². The molecule has 9 heteroatoms. The molecule has 2 aliphatic heterocycles. The summed E-state index contributed by atoms with van der Waals surface area (Å²) in [6.07, 6.45) is 0.375. The Kier molecular flexibility index (Phi) is 5.05. The molecule has 2 aliphatic rings. The van der Waals surface area contributed by atoms with Crippen LogP contribution in [-0.2, 0) is 19.6 Å². The number of benzene rings is 1. The zero-order valence-electron chi connectivity index (χ0n) is 14.6. The van der Waals surface area contributed by atoms with Crippen LogP contribution in [0.3, 0.4) is 0 Å². The van der Waals surface area contributed by atoms with Gasteiger partial charge >= 0.3 is 5.97 Å². The minimum atomic E-state index is -3.69. The highest BCUT2D eigenvalue weighted by atomic mass is 32.2. The molecule has 0 aliphatic carbocycles. The number of carboxylic acids is 1. The lowest BCUT2D eigenvalue weighted by molar-refractivity contribution is -0.147. The highest BCUT2D eigenvalue weighted by Crippen LogP contribution is 2.31. The predicted octanol–water partition coefficient (Wildman–Crippen LogP) is 0.644.